The monoisotopic (exact) mass is 508 g/mol. The van der Waals surface area contributed by atoms with Crippen LogP contribution in [0, 0.1) is 0 Å². The lowest BCUT2D eigenvalue weighted by Crippen LogP contribution is -2.33. The van der Waals surface area contributed by atoms with E-state index in [1.54, 1.807) is 65.8 Å². The van der Waals surface area contributed by atoms with Crippen molar-refractivity contribution in [2.45, 2.75) is 65.6 Å². The molecular weight excluding hydrogens is 468 g/mol. The van der Waals surface area contributed by atoms with Crippen molar-refractivity contribution in [3.8, 4) is 11.5 Å². The molecule has 0 aliphatic carbocycles. The summed E-state index contributed by atoms with van der Waals surface area (Å²) in [7, 11) is 1.31. The van der Waals surface area contributed by atoms with Crippen molar-refractivity contribution >= 4 is 24.2 Å². The summed E-state index contributed by atoms with van der Waals surface area (Å²) in [6.45, 7) is 12.2. The minimum absolute atomic E-state index is 0.316. The Morgan fingerprint density at radius 3 is 1.78 bits per heavy atom. The van der Waals surface area contributed by atoms with Crippen LogP contribution in [0.5, 0.6) is 11.5 Å². The van der Waals surface area contributed by atoms with Gasteiger partial charge in [0.25, 0.3) is 0 Å². The highest BCUT2D eigenvalue weighted by molar-refractivity contribution is 5.87. The molecule has 2 amide bonds. The zero-order chi connectivity index (χ0) is 27.2. The van der Waals surface area contributed by atoms with Crippen molar-refractivity contribution < 1.29 is 38.1 Å². The average Bonchev–Trinajstić information content (AvgIpc) is 2.75. The van der Waals surface area contributed by atoms with E-state index in [4.69, 9.17) is 18.9 Å². The molecule has 0 atom stereocenters. The second-order valence-corrected chi connectivity index (χ2v) is 9.82. The van der Waals surface area contributed by atoms with Crippen molar-refractivity contribution in [3.05, 3.63) is 29.8 Å². The number of ether oxygens (including phenoxy) is 5. The summed E-state index contributed by atoms with van der Waals surface area (Å²) < 4.78 is 26.8. The van der Waals surface area contributed by atoms with Gasteiger partial charge in [-0.2, -0.15) is 0 Å². The highest BCUT2D eigenvalue weighted by Crippen LogP contribution is 2.29. The molecule has 0 bridgehead atoms. The van der Waals surface area contributed by atoms with E-state index in [9.17, 15) is 14.4 Å². The molecule has 0 aromatic heterocycles. The fourth-order valence-corrected chi connectivity index (χ4v) is 2.61. The highest BCUT2D eigenvalue weighted by atomic mass is 16.6. The molecule has 2 N–H and O–H groups in total. The highest BCUT2D eigenvalue weighted by Gasteiger charge is 2.16. The number of hydrogen-bond donors (Lipinski definition) is 2. The third-order valence-electron chi connectivity index (χ3n) is 4.07. The molecule has 202 valence electrons. The van der Waals surface area contributed by atoms with Crippen molar-refractivity contribution in [1.82, 2.24) is 10.6 Å². The van der Waals surface area contributed by atoms with Gasteiger partial charge in [0, 0.05) is 19.2 Å². The summed E-state index contributed by atoms with van der Waals surface area (Å²) in [5.74, 6) is 0.533. The van der Waals surface area contributed by atoms with Crippen molar-refractivity contribution in [1.29, 1.82) is 0 Å². The van der Waals surface area contributed by atoms with Gasteiger partial charge in [-0.15, -0.1) is 0 Å². The largest absolute Gasteiger partial charge is 0.490 e. The summed E-state index contributed by atoms with van der Waals surface area (Å²) in [6, 6.07) is 5.27. The van der Waals surface area contributed by atoms with Crippen LogP contribution in [0.4, 0.5) is 9.59 Å². The fraction of sp³-hybridized carbons (Fsp3) is 0.577. The summed E-state index contributed by atoms with van der Waals surface area (Å²) in [5, 5.41) is 5.37. The first kappa shape index (κ1) is 30.6. The van der Waals surface area contributed by atoms with Crippen molar-refractivity contribution in [3.63, 3.8) is 0 Å². The van der Waals surface area contributed by atoms with E-state index in [0.717, 1.165) is 5.56 Å². The summed E-state index contributed by atoms with van der Waals surface area (Å²) in [5.41, 5.74) is -0.395. The quantitative estimate of drug-likeness (QED) is 0.184. The van der Waals surface area contributed by atoms with Crippen LogP contribution in [0.3, 0.4) is 0 Å². The lowest BCUT2D eigenvalue weighted by Gasteiger charge is -2.20. The lowest BCUT2D eigenvalue weighted by atomic mass is 10.2. The first-order valence-electron chi connectivity index (χ1n) is 11.9. The van der Waals surface area contributed by atoms with E-state index in [-0.39, 0.29) is 0 Å². The zero-order valence-corrected chi connectivity index (χ0v) is 22.4. The van der Waals surface area contributed by atoms with Gasteiger partial charge in [-0.25, -0.2) is 14.4 Å². The Hall–Kier alpha value is -3.43. The predicted molar refractivity (Wildman–Crippen MR) is 136 cm³/mol. The standard InChI is InChI=1S/C26H40N2O8/c1-25(2,3)35-23(30)27-14-8-16-33-20-12-10-19(11-13-22(29)32-7)18-21(20)34-17-9-15-28-24(31)36-26(4,5)6/h10-13,18H,8-9,14-17H2,1-7H3,(H,27,30)(H,28,31)/b13-11+. The zero-order valence-electron chi connectivity index (χ0n) is 22.4. The number of carbonyl (C=O) groups excluding carboxylic acids is 3. The van der Waals surface area contributed by atoms with Crippen LogP contribution in [-0.2, 0) is 19.0 Å². The van der Waals surface area contributed by atoms with Crippen LogP contribution in [0.15, 0.2) is 24.3 Å². The maximum atomic E-state index is 11.8. The maximum Gasteiger partial charge on any atom is 0.407 e. The van der Waals surface area contributed by atoms with E-state index in [1.165, 1.54) is 13.2 Å². The van der Waals surface area contributed by atoms with Crippen LogP contribution < -0.4 is 20.1 Å². The summed E-state index contributed by atoms with van der Waals surface area (Å²) >= 11 is 0. The number of alkyl carbamates (subject to hydrolysis) is 2. The third-order valence-corrected chi connectivity index (χ3v) is 4.07. The molecule has 0 fully saturated rings. The molecular formula is C26H40N2O8. The normalized spacial score (nSPS) is 11.5. The van der Waals surface area contributed by atoms with E-state index in [0.29, 0.717) is 50.6 Å². The van der Waals surface area contributed by atoms with Crippen LogP contribution in [0.2, 0.25) is 0 Å². The lowest BCUT2D eigenvalue weighted by molar-refractivity contribution is -0.134. The minimum atomic E-state index is -0.562. The van der Waals surface area contributed by atoms with Gasteiger partial charge < -0.3 is 34.3 Å². The number of methoxy groups -OCH3 is 1. The number of benzene rings is 1. The summed E-state index contributed by atoms with van der Waals surface area (Å²) in [6.07, 6.45) is 3.06. The molecule has 1 aromatic carbocycles. The van der Waals surface area contributed by atoms with Crippen molar-refractivity contribution in [2.75, 3.05) is 33.4 Å². The molecule has 10 heteroatoms. The SMILES string of the molecule is COC(=O)/C=C/c1ccc(OCCCNC(=O)OC(C)(C)C)c(OCCCNC(=O)OC(C)(C)C)c1. The van der Waals surface area contributed by atoms with Gasteiger partial charge in [0.2, 0.25) is 0 Å². The molecule has 0 unspecified atom stereocenters. The molecule has 0 heterocycles. The molecule has 0 aliphatic rings. The molecule has 0 saturated carbocycles. The minimum Gasteiger partial charge on any atom is -0.490 e. The number of amides is 2. The number of rotatable bonds is 12. The molecule has 0 aliphatic heterocycles. The van der Waals surface area contributed by atoms with E-state index in [1.807, 2.05) is 0 Å². The second-order valence-electron chi connectivity index (χ2n) is 9.82. The molecule has 36 heavy (non-hydrogen) atoms. The Morgan fingerprint density at radius 2 is 1.31 bits per heavy atom. The van der Waals surface area contributed by atoms with Gasteiger partial charge in [-0.3, -0.25) is 0 Å². The summed E-state index contributed by atoms with van der Waals surface area (Å²) in [4.78, 5) is 34.9. The topological polar surface area (TPSA) is 121 Å². The first-order valence-corrected chi connectivity index (χ1v) is 11.9. The molecule has 1 rings (SSSR count). The van der Waals surface area contributed by atoms with E-state index < -0.39 is 29.4 Å². The predicted octanol–water partition coefficient (Wildman–Crippen LogP) is 4.46. The van der Waals surface area contributed by atoms with Crippen LogP contribution in [-0.4, -0.2) is 62.8 Å². The molecule has 1 aromatic rings. The van der Waals surface area contributed by atoms with Crippen LogP contribution >= 0.6 is 0 Å². The Kier molecular flexibility index (Phi) is 12.6. The average molecular weight is 509 g/mol. The van der Waals surface area contributed by atoms with Crippen LogP contribution in [0.25, 0.3) is 6.08 Å². The van der Waals surface area contributed by atoms with Gasteiger partial charge in [0.1, 0.15) is 11.2 Å². The van der Waals surface area contributed by atoms with Gasteiger partial charge in [-0.1, -0.05) is 6.07 Å². The van der Waals surface area contributed by atoms with Crippen LogP contribution in [0.1, 0.15) is 59.9 Å². The fourth-order valence-electron chi connectivity index (χ4n) is 2.61. The maximum absolute atomic E-state index is 11.8. The Labute approximate surface area is 213 Å². The Bertz CT molecular complexity index is 885. The van der Waals surface area contributed by atoms with Gasteiger partial charge in [0.05, 0.1) is 20.3 Å². The third kappa shape index (κ3) is 14.7. The second kappa shape index (κ2) is 14.9. The Balaban J connectivity index is 2.63. The van der Waals surface area contributed by atoms with Gasteiger partial charge >= 0.3 is 18.2 Å². The van der Waals surface area contributed by atoms with Crippen molar-refractivity contribution in [2.24, 2.45) is 0 Å². The Morgan fingerprint density at radius 1 is 0.806 bits per heavy atom. The molecule has 10 nitrogen and oxygen atoms in total. The number of hydrogen-bond acceptors (Lipinski definition) is 8. The number of carbonyl (C=O) groups is 3. The first-order chi connectivity index (χ1) is 16.8. The van der Waals surface area contributed by atoms with E-state index in [2.05, 4.69) is 15.4 Å². The molecule has 0 saturated heterocycles. The number of esters is 1. The smallest absolute Gasteiger partial charge is 0.407 e. The molecule has 0 radical (unpaired) electrons. The number of nitrogens with one attached hydrogen (secondary N) is 2. The van der Waals surface area contributed by atoms with Gasteiger partial charge in [0.15, 0.2) is 11.5 Å². The molecule has 0 spiro atoms. The van der Waals surface area contributed by atoms with E-state index >= 15 is 0 Å². The van der Waals surface area contributed by atoms with Gasteiger partial charge in [-0.05, 0) is 78.2 Å².